The quantitative estimate of drug-likeness (QED) is 0.903. The molecule has 3 rings (SSSR count). The molecule has 0 aromatic heterocycles. The van der Waals surface area contributed by atoms with Gasteiger partial charge in [-0.05, 0) is 43.9 Å². The molecule has 0 aliphatic carbocycles. The lowest BCUT2D eigenvalue weighted by atomic mass is 9.98. The number of likely N-dealkylation sites (tertiary alicyclic amines) is 1. The van der Waals surface area contributed by atoms with Crippen LogP contribution in [-0.2, 0) is 4.79 Å². The zero-order chi connectivity index (χ0) is 14.8. The highest BCUT2D eigenvalue weighted by Gasteiger charge is 2.35. The van der Waals surface area contributed by atoms with E-state index in [4.69, 9.17) is 0 Å². The average Bonchev–Trinajstić information content (AvgIpc) is 2.48. The van der Waals surface area contributed by atoms with E-state index in [1.165, 1.54) is 12.1 Å². The van der Waals surface area contributed by atoms with Crippen LogP contribution >= 0.6 is 0 Å². The van der Waals surface area contributed by atoms with Crippen molar-refractivity contribution < 1.29 is 14.3 Å². The third-order valence-corrected chi connectivity index (χ3v) is 4.47. The molecule has 5 heteroatoms. The van der Waals surface area contributed by atoms with Gasteiger partial charge < -0.3 is 10.0 Å². The maximum absolute atomic E-state index is 13.4. The van der Waals surface area contributed by atoms with Crippen LogP contribution in [0.25, 0.3) is 0 Å². The summed E-state index contributed by atoms with van der Waals surface area (Å²) < 4.78 is 13.4. The van der Waals surface area contributed by atoms with Crippen molar-refractivity contribution in [1.29, 1.82) is 0 Å². The molecule has 2 heterocycles. The van der Waals surface area contributed by atoms with Crippen molar-refractivity contribution >= 4 is 11.6 Å². The first-order chi connectivity index (χ1) is 10.1. The van der Waals surface area contributed by atoms with Crippen LogP contribution in [0.15, 0.2) is 24.3 Å². The van der Waals surface area contributed by atoms with Gasteiger partial charge in [0.1, 0.15) is 5.82 Å². The van der Waals surface area contributed by atoms with Crippen molar-refractivity contribution in [2.24, 2.45) is 0 Å². The number of benzene rings is 1. The molecule has 0 bridgehead atoms. The minimum Gasteiger partial charge on any atom is -0.393 e. The normalized spacial score (nSPS) is 25.3. The maximum atomic E-state index is 13.4. The predicted molar refractivity (Wildman–Crippen MR) is 78.6 cm³/mol. The molecule has 2 aliphatic heterocycles. The van der Waals surface area contributed by atoms with Gasteiger partial charge in [-0.15, -0.1) is 0 Å². The molecule has 4 nitrogen and oxygen atoms in total. The van der Waals surface area contributed by atoms with Crippen LogP contribution in [-0.4, -0.2) is 47.7 Å². The predicted octanol–water partition coefficient (Wildman–Crippen LogP) is 1.78. The van der Waals surface area contributed by atoms with Crippen molar-refractivity contribution in [2.45, 2.75) is 37.8 Å². The molecule has 0 radical (unpaired) electrons. The van der Waals surface area contributed by atoms with E-state index in [9.17, 15) is 14.3 Å². The molecule has 1 unspecified atom stereocenters. The molecule has 114 valence electrons. The first-order valence-electron chi connectivity index (χ1n) is 7.64. The molecule has 1 aromatic carbocycles. The molecule has 0 spiro atoms. The van der Waals surface area contributed by atoms with Crippen LogP contribution in [0.4, 0.5) is 10.1 Å². The Labute approximate surface area is 124 Å². The number of rotatable bonds is 2. The van der Waals surface area contributed by atoms with E-state index < -0.39 is 0 Å². The summed E-state index contributed by atoms with van der Waals surface area (Å²) in [6.45, 7) is 2.17. The third kappa shape index (κ3) is 3.09. The van der Waals surface area contributed by atoms with E-state index in [1.807, 2.05) is 0 Å². The standard InChI is InChI=1S/C16H21FN2O2/c17-12-3-1-4-13(11-12)19-8-2-5-15(16(19)21)18-9-6-14(20)7-10-18/h1,3-4,11,14-15,20H,2,5-10H2. The lowest BCUT2D eigenvalue weighted by Crippen LogP contribution is -2.54. The van der Waals surface area contributed by atoms with Crippen molar-refractivity contribution in [3.05, 3.63) is 30.1 Å². The van der Waals surface area contributed by atoms with Gasteiger partial charge in [0.05, 0.1) is 12.1 Å². The summed E-state index contributed by atoms with van der Waals surface area (Å²) in [5.41, 5.74) is 0.641. The van der Waals surface area contributed by atoms with E-state index in [0.717, 1.165) is 38.8 Å². The average molecular weight is 292 g/mol. The molecule has 1 atom stereocenters. The number of carbonyl (C=O) groups is 1. The number of aliphatic hydroxyl groups is 1. The van der Waals surface area contributed by atoms with E-state index in [0.29, 0.717) is 12.2 Å². The van der Waals surface area contributed by atoms with Crippen molar-refractivity contribution in [2.75, 3.05) is 24.5 Å². The zero-order valence-electron chi connectivity index (χ0n) is 12.0. The number of piperidine rings is 2. The molecule has 1 aromatic rings. The largest absolute Gasteiger partial charge is 0.393 e. The topological polar surface area (TPSA) is 43.8 Å². The number of carbonyl (C=O) groups excluding carboxylic acids is 1. The molecule has 0 saturated carbocycles. The highest BCUT2D eigenvalue weighted by atomic mass is 19.1. The fraction of sp³-hybridized carbons (Fsp3) is 0.562. The molecule has 1 N–H and O–H groups in total. The Hall–Kier alpha value is -1.46. The Morgan fingerprint density at radius 3 is 2.62 bits per heavy atom. The monoisotopic (exact) mass is 292 g/mol. The van der Waals surface area contributed by atoms with Gasteiger partial charge in [0.15, 0.2) is 0 Å². The minimum atomic E-state index is -0.316. The third-order valence-electron chi connectivity index (χ3n) is 4.47. The van der Waals surface area contributed by atoms with Gasteiger partial charge in [-0.3, -0.25) is 9.69 Å². The van der Waals surface area contributed by atoms with Crippen LogP contribution in [0.2, 0.25) is 0 Å². The van der Waals surface area contributed by atoms with E-state index >= 15 is 0 Å². The lowest BCUT2D eigenvalue weighted by molar-refractivity contribution is -0.126. The van der Waals surface area contributed by atoms with E-state index in [2.05, 4.69) is 4.90 Å². The summed E-state index contributed by atoms with van der Waals surface area (Å²) in [6, 6.07) is 6.10. The van der Waals surface area contributed by atoms with Crippen LogP contribution in [0, 0.1) is 5.82 Å². The summed E-state index contributed by atoms with van der Waals surface area (Å²) in [5.74, 6) is -0.258. The number of amides is 1. The Morgan fingerprint density at radius 1 is 1.14 bits per heavy atom. The first-order valence-corrected chi connectivity index (χ1v) is 7.64. The van der Waals surface area contributed by atoms with Crippen LogP contribution < -0.4 is 4.90 Å². The molecular formula is C16H21FN2O2. The summed E-state index contributed by atoms with van der Waals surface area (Å²) in [4.78, 5) is 16.6. The van der Waals surface area contributed by atoms with Crippen molar-refractivity contribution in [3.63, 3.8) is 0 Å². The second kappa shape index (κ2) is 6.12. The smallest absolute Gasteiger partial charge is 0.244 e. The van der Waals surface area contributed by atoms with E-state index in [1.54, 1.807) is 17.0 Å². The molecular weight excluding hydrogens is 271 g/mol. The van der Waals surface area contributed by atoms with Gasteiger partial charge in [0, 0.05) is 25.3 Å². The molecule has 1 amide bonds. The van der Waals surface area contributed by atoms with Gasteiger partial charge in [0.25, 0.3) is 0 Å². The summed E-state index contributed by atoms with van der Waals surface area (Å²) in [6.07, 6.45) is 2.99. The minimum absolute atomic E-state index is 0.0586. The molecule has 2 saturated heterocycles. The van der Waals surface area contributed by atoms with Gasteiger partial charge in [-0.1, -0.05) is 6.07 Å². The Morgan fingerprint density at radius 2 is 1.90 bits per heavy atom. The number of halogens is 1. The Kier molecular flexibility index (Phi) is 4.22. The van der Waals surface area contributed by atoms with Crippen LogP contribution in [0.1, 0.15) is 25.7 Å². The van der Waals surface area contributed by atoms with Gasteiger partial charge in [-0.25, -0.2) is 4.39 Å². The number of nitrogens with zero attached hydrogens (tertiary/aromatic N) is 2. The molecule has 2 fully saturated rings. The van der Waals surface area contributed by atoms with Gasteiger partial charge >= 0.3 is 0 Å². The summed E-state index contributed by atoms with van der Waals surface area (Å²) >= 11 is 0. The second-order valence-corrected chi connectivity index (χ2v) is 5.89. The number of aliphatic hydroxyl groups excluding tert-OH is 1. The van der Waals surface area contributed by atoms with Crippen molar-refractivity contribution in [3.8, 4) is 0 Å². The molecule has 21 heavy (non-hydrogen) atoms. The second-order valence-electron chi connectivity index (χ2n) is 5.89. The first kappa shape index (κ1) is 14.5. The number of hydrogen-bond donors (Lipinski definition) is 1. The van der Waals surface area contributed by atoms with Gasteiger partial charge in [-0.2, -0.15) is 0 Å². The van der Waals surface area contributed by atoms with Gasteiger partial charge in [0.2, 0.25) is 5.91 Å². The number of anilines is 1. The zero-order valence-corrected chi connectivity index (χ0v) is 12.0. The Bertz CT molecular complexity index is 515. The summed E-state index contributed by atoms with van der Waals surface area (Å²) in [5, 5.41) is 9.59. The lowest BCUT2D eigenvalue weighted by Gasteiger charge is -2.40. The fourth-order valence-corrected chi connectivity index (χ4v) is 3.29. The summed E-state index contributed by atoms with van der Waals surface area (Å²) in [7, 11) is 0. The number of hydrogen-bond acceptors (Lipinski definition) is 3. The van der Waals surface area contributed by atoms with Crippen LogP contribution in [0.3, 0.4) is 0 Å². The SMILES string of the molecule is O=C1C(N2CCC(O)CC2)CCCN1c1cccc(F)c1. The highest BCUT2D eigenvalue weighted by Crippen LogP contribution is 2.26. The fourth-order valence-electron chi connectivity index (χ4n) is 3.29. The van der Waals surface area contributed by atoms with Crippen molar-refractivity contribution in [1.82, 2.24) is 4.90 Å². The van der Waals surface area contributed by atoms with E-state index in [-0.39, 0.29) is 23.9 Å². The highest BCUT2D eigenvalue weighted by molar-refractivity contribution is 5.97. The molecule has 2 aliphatic rings. The maximum Gasteiger partial charge on any atom is 0.244 e. The van der Waals surface area contributed by atoms with Crippen LogP contribution in [0.5, 0.6) is 0 Å². The Balaban J connectivity index is 1.74.